The molecule has 0 unspecified atom stereocenters. The highest BCUT2D eigenvalue weighted by molar-refractivity contribution is 7.90. The second kappa shape index (κ2) is 9.13. The highest BCUT2D eigenvalue weighted by Gasteiger charge is 2.42. The Morgan fingerprint density at radius 3 is 2.35 bits per heavy atom. The minimum Gasteiger partial charge on any atom is -0.493 e. The van der Waals surface area contributed by atoms with Crippen LogP contribution in [0.15, 0.2) is 59.0 Å². The van der Waals surface area contributed by atoms with E-state index in [1.165, 1.54) is 30.3 Å². The van der Waals surface area contributed by atoms with E-state index < -0.39 is 34.2 Å². The number of nitrogens with zero attached hydrogens (tertiary/aromatic N) is 1. The van der Waals surface area contributed by atoms with Gasteiger partial charge in [-0.05, 0) is 38.1 Å². The van der Waals surface area contributed by atoms with Crippen molar-refractivity contribution in [3.63, 3.8) is 0 Å². The number of esters is 1. The third kappa shape index (κ3) is 4.36. The lowest BCUT2D eigenvalue weighted by Gasteiger charge is -2.15. The van der Waals surface area contributed by atoms with Gasteiger partial charge in [0.2, 0.25) is 0 Å². The number of rotatable bonds is 8. The van der Waals surface area contributed by atoms with Gasteiger partial charge in [0.25, 0.3) is 15.9 Å². The molecule has 1 amide bonds. The quantitative estimate of drug-likeness (QED) is 0.267. The Morgan fingerprint density at radius 1 is 1.00 bits per heavy atom. The zero-order chi connectivity index (χ0) is 22.6. The van der Waals surface area contributed by atoms with E-state index in [1.807, 2.05) is 0 Å². The van der Waals surface area contributed by atoms with Crippen LogP contribution in [0.2, 0.25) is 0 Å². The van der Waals surface area contributed by atoms with Crippen molar-refractivity contribution in [2.24, 2.45) is 0 Å². The third-order valence-corrected chi connectivity index (χ3v) is 6.30. The first-order chi connectivity index (χ1) is 14.8. The maximum atomic E-state index is 13.0. The largest absolute Gasteiger partial charge is 0.493 e. The van der Waals surface area contributed by atoms with Gasteiger partial charge in [-0.25, -0.2) is 17.5 Å². The minimum atomic E-state index is -4.19. The molecule has 2 aromatic carbocycles. The topological polar surface area (TPSA) is 107 Å². The Kier molecular flexibility index (Phi) is 6.55. The van der Waals surface area contributed by atoms with Gasteiger partial charge in [-0.2, -0.15) is 0 Å². The molecule has 0 spiro atoms. The van der Waals surface area contributed by atoms with Crippen molar-refractivity contribution in [1.29, 1.82) is 0 Å². The Bertz CT molecular complexity index is 1170. The van der Waals surface area contributed by atoms with Crippen LogP contribution in [0.25, 0.3) is 6.08 Å². The molecule has 8 nitrogen and oxygen atoms in total. The van der Waals surface area contributed by atoms with Gasteiger partial charge in [-0.15, -0.1) is 0 Å². The Labute approximate surface area is 180 Å². The number of carbonyl (C=O) groups excluding carboxylic acids is 3. The van der Waals surface area contributed by atoms with E-state index in [9.17, 15) is 22.8 Å². The van der Waals surface area contributed by atoms with Crippen LogP contribution < -0.4 is 4.74 Å². The zero-order valence-corrected chi connectivity index (χ0v) is 17.8. The fourth-order valence-corrected chi connectivity index (χ4v) is 4.63. The van der Waals surface area contributed by atoms with E-state index in [1.54, 1.807) is 38.1 Å². The number of Topliss-reactive ketones (excluding diaryl/α,β-unsaturated/α-hetero) is 1. The van der Waals surface area contributed by atoms with Gasteiger partial charge in [0.05, 0.1) is 18.8 Å². The van der Waals surface area contributed by atoms with Crippen LogP contribution in [-0.4, -0.2) is 50.1 Å². The van der Waals surface area contributed by atoms with Crippen LogP contribution in [0.3, 0.4) is 0 Å². The first-order valence-corrected chi connectivity index (χ1v) is 11.0. The number of para-hydroxylation sites is 1. The average Bonchev–Trinajstić information content (AvgIpc) is 2.94. The summed E-state index contributed by atoms with van der Waals surface area (Å²) in [4.78, 5) is 37.9. The molecular weight excluding hydrogens is 422 g/mol. The number of hydrogen-bond acceptors (Lipinski definition) is 7. The predicted molar refractivity (Wildman–Crippen MR) is 112 cm³/mol. The first kappa shape index (κ1) is 22.2. The van der Waals surface area contributed by atoms with Crippen molar-refractivity contribution < 1.29 is 32.3 Å². The normalized spacial score (nSPS) is 14.8. The van der Waals surface area contributed by atoms with Gasteiger partial charge in [0.1, 0.15) is 22.8 Å². The maximum absolute atomic E-state index is 13.0. The number of hydrogen-bond donors (Lipinski definition) is 0. The molecule has 31 heavy (non-hydrogen) atoms. The van der Waals surface area contributed by atoms with Crippen molar-refractivity contribution >= 4 is 33.8 Å². The molecule has 1 aliphatic heterocycles. The van der Waals surface area contributed by atoms with E-state index in [4.69, 9.17) is 9.47 Å². The van der Waals surface area contributed by atoms with E-state index >= 15 is 0 Å². The van der Waals surface area contributed by atoms with Crippen molar-refractivity contribution in [2.45, 2.75) is 18.7 Å². The lowest BCUT2D eigenvalue weighted by molar-refractivity contribution is -0.139. The first-order valence-electron chi connectivity index (χ1n) is 9.61. The van der Waals surface area contributed by atoms with Crippen molar-refractivity contribution in [3.05, 3.63) is 65.2 Å². The van der Waals surface area contributed by atoms with Gasteiger partial charge in [0, 0.05) is 5.56 Å². The Hall–Kier alpha value is -3.46. The van der Waals surface area contributed by atoms with E-state index in [0.717, 1.165) is 0 Å². The van der Waals surface area contributed by atoms with Gasteiger partial charge in [-0.1, -0.05) is 30.3 Å². The SMILES string of the molecule is CCOC(=O)C(=Cc1ccccc1OCC)C(=O)CN1C(=O)c2ccccc2S1(=O)=O. The van der Waals surface area contributed by atoms with Crippen molar-refractivity contribution in [3.8, 4) is 5.75 Å². The molecule has 0 saturated carbocycles. The summed E-state index contributed by atoms with van der Waals surface area (Å²) in [6, 6.07) is 12.5. The van der Waals surface area contributed by atoms with Gasteiger partial charge < -0.3 is 9.47 Å². The van der Waals surface area contributed by atoms with Crippen LogP contribution in [-0.2, 0) is 24.3 Å². The van der Waals surface area contributed by atoms with Gasteiger partial charge in [0.15, 0.2) is 5.78 Å². The highest BCUT2D eigenvalue weighted by atomic mass is 32.2. The number of benzene rings is 2. The predicted octanol–water partition coefficient (Wildman–Crippen LogP) is 2.45. The molecule has 1 heterocycles. The summed E-state index contributed by atoms with van der Waals surface area (Å²) in [5, 5.41) is 0. The lowest BCUT2D eigenvalue weighted by Crippen LogP contribution is -2.36. The molecule has 0 aliphatic carbocycles. The van der Waals surface area contributed by atoms with Crippen LogP contribution in [0, 0.1) is 0 Å². The summed E-state index contributed by atoms with van der Waals surface area (Å²) in [5.41, 5.74) is 0.0475. The molecule has 0 fully saturated rings. The van der Waals surface area contributed by atoms with E-state index in [0.29, 0.717) is 22.2 Å². The van der Waals surface area contributed by atoms with E-state index in [2.05, 4.69) is 0 Å². The molecule has 9 heteroatoms. The molecule has 0 bridgehead atoms. The summed E-state index contributed by atoms with van der Waals surface area (Å²) in [6.45, 7) is 2.94. The molecule has 162 valence electrons. The Morgan fingerprint density at radius 2 is 1.68 bits per heavy atom. The smallest absolute Gasteiger partial charge is 0.341 e. The summed E-state index contributed by atoms with van der Waals surface area (Å²) < 4.78 is 36.5. The zero-order valence-electron chi connectivity index (χ0n) is 17.0. The number of carbonyl (C=O) groups is 3. The minimum absolute atomic E-state index is 0.0151. The van der Waals surface area contributed by atoms with Crippen LogP contribution in [0.5, 0.6) is 5.75 Å². The monoisotopic (exact) mass is 443 g/mol. The van der Waals surface area contributed by atoms with Crippen LogP contribution in [0.1, 0.15) is 29.8 Å². The standard InChI is InChI=1S/C22H21NO7S/c1-3-29-19-11-7-5-9-15(19)13-17(22(26)30-4-2)18(24)14-23-21(25)16-10-6-8-12-20(16)31(23,27)28/h5-13H,3-4,14H2,1-2H3. The summed E-state index contributed by atoms with van der Waals surface area (Å²) in [7, 11) is -4.19. The number of amides is 1. The average molecular weight is 443 g/mol. The van der Waals surface area contributed by atoms with Crippen LogP contribution >= 0.6 is 0 Å². The number of sulfonamides is 1. The molecule has 0 N–H and O–H groups in total. The number of fused-ring (bicyclic) bond motifs is 1. The molecule has 0 saturated heterocycles. The van der Waals surface area contributed by atoms with Gasteiger partial charge >= 0.3 is 5.97 Å². The van der Waals surface area contributed by atoms with E-state index in [-0.39, 0.29) is 22.6 Å². The molecule has 0 atom stereocenters. The molecular formula is C22H21NO7S. The molecule has 0 radical (unpaired) electrons. The summed E-state index contributed by atoms with van der Waals surface area (Å²) in [5.74, 6) is -2.16. The maximum Gasteiger partial charge on any atom is 0.341 e. The number of ketones is 1. The Balaban J connectivity index is 1.98. The third-order valence-electron chi connectivity index (χ3n) is 4.51. The molecule has 2 aromatic rings. The summed E-state index contributed by atoms with van der Waals surface area (Å²) >= 11 is 0. The summed E-state index contributed by atoms with van der Waals surface area (Å²) in [6.07, 6.45) is 1.28. The molecule has 1 aliphatic rings. The fourth-order valence-electron chi connectivity index (χ4n) is 3.11. The van der Waals surface area contributed by atoms with Crippen molar-refractivity contribution in [2.75, 3.05) is 19.8 Å². The van der Waals surface area contributed by atoms with Crippen LogP contribution in [0.4, 0.5) is 0 Å². The van der Waals surface area contributed by atoms with Gasteiger partial charge in [-0.3, -0.25) is 9.59 Å². The second-order valence-electron chi connectivity index (χ2n) is 6.49. The van der Waals surface area contributed by atoms with Crippen molar-refractivity contribution in [1.82, 2.24) is 4.31 Å². The second-order valence-corrected chi connectivity index (χ2v) is 8.32. The lowest BCUT2D eigenvalue weighted by atomic mass is 10.1. The fraction of sp³-hybridized carbons (Fsp3) is 0.227. The molecule has 0 aromatic heterocycles. The molecule has 3 rings (SSSR count). The number of ether oxygens (including phenoxy) is 2. The highest BCUT2D eigenvalue weighted by Crippen LogP contribution is 2.30.